The van der Waals surface area contributed by atoms with E-state index >= 15 is 0 Å². The summed E-state index contributed by atoms with van der Waals surface area (Å²) < 4.78 is 1.15. The number of amides is 1. The number of aryl methyl sites for hydroxylation is 1. The lowest BCUT2D eigenvalue weighted by Crippen LogP contribution is -2.29. The van der Waals surface area contributed by atoms with E-state index in [2.05, 4.69) is 22.5 Å². The molecule has 0 fully saturated rings. The smallest absolute Gasteiger partial charge is 0.271 e. The largest absolute Gasteiger partial charge is 0.351 e. The van der Waals surface area contributed by atoms with Crippen LogP contribution >= 0.6 is 11.8 Å². The van der Waals surface area contributed by atoms with Gasteiger partial charge in [0, 0.05) is 24.6 Å². The van der Waals surface area contributed by atoms with Crippen LogP contribution in [-0.2, 0) is 7.05 Å². The molecule has 0 radical (unpaired) electrons. The molecule has 21 heavy (non-hydrogen) atoms. The number of aromatic nitrogens is 2. The van der Waals surface area contributed by atoms with Gasteiger partial charge in [0.15, 0.2) is 0 Å². The van der Waals surface area contributed by atoms with Gasteiger partial charge in [0.25, 0.3) is 11.5 Å². The van der Waals surface area contributed by atoms with Crippen LogP contribution in [0.15, 0.2) is 52.2 Å². The first-order valence-corrected chi connectivity index (χ1v) is 7.66. The Balaban J connectivity index is 1.72. The lowest BCUT2D eigenvalue weighted by Gasteiger charge is -2.05. The zero-order valence-electron chi connectivity index (χ0n) is 11.8. The van der Waals surface area contributed by atoms with Gasteiger partial charge in [-0.3, -0.25) is 9.59 Å². The fourth-order valence-corrected chi connectivity index (χ4v) is 2.57. The van der Waals surface area contributed by atoms with E-state index in [1.54, 1.807) is 11.8 Å². The van der Waals surface area contributed by atoms with E-state index in [-0.39, 0.29) is 17.2 Å². The lowest BCUT2D eigenvalue weighted by atomic mass is 10.3. The van der Waals surface area contributed by atoms with Gasteiger partial charge >= 0.3 is 0 Å². The molecule has 0 atom stereocenters. The van der Waals surface area contributed by atoms with E-state index in [1.807, 2.05) is 18.2 Å². The van der Waals surface area contributed by atoms with Crippen LogP contribution in [0.25, 0.3) is 0 Å². The highest BCUT2D eigenvalue weighted by Crippen LogP contribution is 2.17. The predicted octanol–water partition coefficient (Wildman–Crippen LogP) is 1.69. The van der Waals surface area contributed by atoms with Crippen LogP contribution in [0.2, 0.25) is 0 Å². The summed E-state index contributed by atoms with van der Waals surface area (Å²) in [6.07, 6.45) is 0.872. The minimum absolute atomic E-state index is 0.231. The highest BCUT2D eigenvalue weighted by atomic mass is 32.2. The first-order valence-electron chi connectivity index (χ1n) is 6.67. The molecule has 0 aliphatic heterocycles. The second-order valence-electron chi connectivity index (χ2n) is 4.45. The molecule has 1 N–H and O–H groups in total. The first kappa shape index (κ1) is 15.3. The molecular weight excluding hydrogens is 286 g/mol. The number of carbonyl (C=O) groups excluding carboxylic acids is 1. The molecule has 2 aromatic rings. The van der Waals surface area contributed by atoms with Gasteiger partial charge in [0.05, 0.1) is 0 Å². The average Bonchev–Trinajstić information content (AvgIpc) is 2.50. The summed E-state index contributed by atoms with van der Waals surface area (Å²) >= 11 is 1.76. The van der Waals surface area contributed by atoms with Crippen molar-refractivity contribution in [3.63, 3.8) is 0 Å². The molecule has 2 rings (SSSR count). The van der Waals surface area contributed by atoms with Crippen LogP contribution in [0.5, 0.6) is 0 Å². The van der Waals surface area contributed by atoms with Gasteiger partial charge in [-0.1, -0.05) is 18.2 Å². The molecular formula is C15H17N3O2S. The van der Waals surface area contributed by atoms with Crippen LogP contribution < -0.4 is 10.9 Å². The molecule has 1 aromatic heterocycles. The van der Waals surface area contributed by atoms with Crippen LogP contribution in [0.4, 0.5) is 0 Å². The number of nitrogens with zero attached hydrogens (tertiary/aromatic N) is 2. The normalized spacial score (nSPS) is 10.3. The third-order valence-corrected chi connectivity index (χ3v) is 3.91. The molecule has 1 amide bonds. The standard InChI is InChI=1S/C15H17N3O2S/c1-18-14(19)9-8-13(17-18)15(20)16-10-5-11-21-12-6-3-2-4-7-12/h2-4,6-9H,5,10-11H2,1H3,(H,16,20). The topological polar surface area (TPSA) is 64.0 Å². The van der Waals surface area contributed by atoms with E-state index in [9.17, 15) is 9.59 Å². The van der Waals surface area contributed by atoms with Crippen molar-refractivity contribution in [3.8, 4) is 0 Å². The number of thioether (sulfide) groups is 1. The van der Waals surface area contributed by atoms with Gasteiger partial charge in [-0.25, -0.2) is 4.68 Å². The fourth-order valence-electron chi connectivity index (χ4n) is 1.69. The molecule has 0 saturated heterocycles. The lowest BCUT2D eigenvalue weighted by molar-refractivity contribution is 0.0946. The van der Waals surface area contributed by atoms with E-state index in [1.165, 1.54) is 24.1 Å². The average molecular weight is 303 g/mol. The third kappa shape index (κ3) is 4.75. The second-order valence-corrected chi connectivity index (χ2v) is 5.62. The number of benzene rings is 1. The zero-order chi connectivity index (χ0) is 15.1. The summed E-state index contributed by atoms with van der Waals surface area (Å²) in [5.74, 6) is 0.681. The first-order chi connectivity index (χ1) is 10.2. The minimum Gasteiger partial charge on any atom is -0.351 e. The Labute approximate surface area is 127 Å². The summed E-state index contributed by atoms with van der Waals surface area (Å²) in [5, 5.41) is 6.71. The van der Waals surface area contributed by atoms with Crippen molar-refractivity contribution < 1.29 is 4.79 Å². The molecule has 0 bridgehead atoms. The van der Waals surface area contributed by atoms with E-state index < -0.39 is 0 Å². The molecule has 0 saturated carbocycles. The van der Waals surface area contributed by atoms with Crippen LogP contribution in [0, 0.1) is 0 Å². The van der Waals surface area contributed by atoms with Crippen molar-refractivity contribution in [1.29, 1.82) is 0 Å². The van der Waals surface area contributed by atoms with Crippen molar-refractivity contribution in [2.75, 3.05) is 12.3 Å². The van der Waals surface area contributed by atoms with Crippen molar-refractivity contribution >= 4 is 17.7 Å². The Morgan fingerprint density at radius 2 is 2.00 bits per heavy atom. The minimum atomic E-state index is -0.254. The zero-order valence-corrected chi connectivity index (χ0v) is 12.6. The predicted molar refractivity (Wildman–Crippen MR) is 83.6 cm³/mol. The third-order valence-electron chi connectivity index (χ3n) is 2.81. The van der Waals surface area contributed by atoms with E-state index in [0.717, 1.165) is 16.9 Å². The summed E-state index contributed by atoms with van der Waals surface area (Å²) in [5.41, 5.74) is 0.0265. The van der Waals surface area contributed by atoms with Crippen molar-refractivity contribution in [1.82, 2.24) is 15.1 Å². The summed E-state index contributed by atoms with van der Waals surface area (Å²) in [6.45, 7) is 0.586. The number of nitrogens with one attached hydrogen (secondary N) is 1. The molecule has 5 nitrogen and oxygen atoms in total. The van der Waals surface area contributed by atoms with Crippen molar-refractivity contribution in [2.45, 2.75) is 11.3 Å². The van der Waals surface area contributed by atoms with Gasteiger partial charge in [-0.05, 0) is 30.4 Å². The summed E-state index contributed by atoms with van der Waals surface area (Å²) in [4.78, 5) is 24.3. The second kappa shape index (κ2) is 7.64. The van der Waals surface area contributed by atoms with Crippen molar-refractivity contribution in [3.05, 3.63) is 58.5 Å². The summed E-state index contributed by atoms with van der Waals surface area (Å²) in [7, 11) is 1.52. The van der Waals surface area contributed by atoms with Gasteiger partial charge in [-0.2, -0.15) is 5.10 Å². The molecule has 1 heterocycles. The molecule has 0 unspecified atom stereocenters. The number of hydrogen-bond donors (Lipinski definition) is 1. The SMILES string of the molecule is Cn1nc(C(=O)NCCCSc2ccccc2)ccc1=O. The maximum Gasteiger partial charge on any atom is 0.271 e. The highest BCUT2D eigenvalue weighted by Gasteiger charge is 2.07. The number of hydrogen-bond acceptors (Lipinski definition) is 4. The van der Waals surface area contributed by atoms with Gasteiger partial charge in [0.2, 0.25) is 0 Å². The number of rotatable bonds is 6. The summed E-state index contributed by atoms with van der Waals surface area (Å²) in [6, 6.07) is 12.9. The maximum absolute atomic E-state index is 11.8. The molecule has 110 valence electrons. The molecule has 0 aliphatic carbocycles. The molecule has 6 heteroatoms. The Morgan fingerprint density at radius 1 is 1.24 bits per heavy atom. The molecule has 0 aliphatic rings. The Kier molecular flexibility index (Phi) is 5.57. The van der Waals surface area contributed by atoms with Crippen LogP contribution in [0.1, 0.15) is 16.9 Å². The highest BCUT2D eigenvalue weighted by molar-refractivity contribution is 7.99. The quantitative estimate of drug-likeness (QED) is 0.651. The van der Waals surface area contributed by atoms with E-state index in [0.29, 0.717) is 6.54 Å². The molecule has 1 aromatic carbocycles. The fraction of sp³-hybridized carbons (Fsp3) is 0.267. The number of carbonyl (C=O) groups is 1. The Hall–Kier alpha value is -2.08. The Morgan fingerprint density at radius 3 is 2.71 bits per heavy atom. The monoisotopic (exact) mass is 303 g/mol. The van der Waals surface area contributed by atoms with Crippen LogP contribution in [0.3, 0.4) is 0 Å². The molecule has 0 spiro atoms. The van der Waals surface area contributed by atoms with Gasteiger partial charge in [0.1, 0.15) is 5.69 Å². The van der Waals surface area contributed by atoms with Gasteiger partial charge in [-0.15, -0.1) is 11.8 Å². The maximum atomic E-state index is 11.8. The van der Waals surface area contributed by atoms with Crippen molar-refractivity contribution in [2.24, 2.45) is 7.05 Å². The van der Waals surface area contributed by atoms with Gasteiger partial charge < -0.3 is 5.32 Å². The van der Waals surface area contributed by atoms with E-state index in [4.69, 9.17) is 0 Å². The van der Waals surface area contributed by atoms with Crippen LogP contribution in [-0.4, -0.2) is 28.0 Å². The Bertz CT molecular complexity index is 655.